The molecule has 1 heteroatoms. The summed E-state index contributed by atoms with van der Waals surface area (Å²) in [5.74, 6) is 0. The minimum atomic E-state index is 0.665. The average molecular weight is 232 g/mol. The zero-order chi connectivity index (χ0) is 9.26. The van der Waals surface area contributed by atoms with E-state index >= 15 is 0 Å². The van der Waals surface area contributed by atoms with E-state index in [0.29, 0.717) is 4.71 Å². The summed E-state index contributed by atoms with van der Waals surface area (Å²) in [6, 6.07) is 15.1. The van der Waals surface area contributed by atoms with Gasteiger partial charge < -0.3 is 0 Å². The minimum absolute atomic E-state index is 0.665. The summed E-state index contributed by atoms with van der Waals surface area (Å²) >= 11 is 1.78. The number of rotatable bonds is 1. The van der Waals surface area contributed by atoms with Gasteiger partial charge in [0.25, 0.3) is 0 Å². The summed E-state index contributed by atoms with van der Waals surface area (Å²) in [6.45, 7) is 2.27. The summed E-state index contributed by atoms with van der Waals surface area (Å²) in [5.41, 5.74) is 1.47. The molecule has 0 amide bonds. The number of hydrogen-bond donors (Lipinski definition) is 0. The number of hydrogen-bond acceptors (Lipinski definition) is 0. The van der Waals surface area contributed by atoms with Gasteiger partial charge in [-0.3, -0.25) is 0 Å². The molecule has 13 heavy (non-hydrogen) atoms. The van der Waals surface area contributed by atoms with Crippen molar-refractivity contribution in [2.75, 3.05) is 0 Å². The van der Waals surface area contributed by atoms with Gasteiger partial charge in [0.1, 0.15) is 0 Å². The van der Waals surface area contributed by atoms with Crippen molar-refractivity contribution in [3.63, 3.8) is 0 Å². The Labute approximate surface area is 87.5 Å². The monoisotopic (exact) mass is 232 g/mol. The molecule has 2 aromatic carbocycles. The Bertz CT molecular complexity index is 413. The first-order chi connectivity index (χ1) is 6.29. The fourth-order valence-corrected chi connectivity index (χ4v) is 2.26. The third-order valence-electron chi connectivity index (χ3n) is 2.31. The Kier molecular flexibility index (Phi) is 2.42. The van der Waals surface area contributed by atoms with Crippen LogP contribution in [0.25, 0.3) is 10.8 Å². The molecule has 0 nitrogen and oxygen atoms in total. The first-order valence-electron chi connectivity index (χ1n) is 4.52. The van der Waals surface area contributed by atoms with Crippen molar-refractivity contribution < 1.29 is 0 Å². The van der Waals surface area contributed by atoms with E-state index in [1.165, 1.54) is 16.3 Å². The molecule has 0 spiro atoms. The normalized spacial score (nSPS) is 13.1. The van der Waals surface area contributed by atoms with Crippen molar-refractivity contribution in [1.82, 2.24) is 0 Å². The van der Waals surface area contributed by atoms with Crippen LogP contribution in [0.5, 0.6) is 0 Å². The molecule has 0 radical (unpaired) electrons. The molecule has 0 bridgehead atoms. The van der Waals surface area contributed by atoms with E-state index < -0.39 is 0 Å². The van der Waals surface area contributed by atoms with E-state index in [-0.39, 0.29) is 0 Å². The van der Waals surface area contributed by atoms with Gasteiger partial charge in [-0.15, -0.1) is 0 Å². The quantitative estimate of drug-likeness (QED) is 0.663. The topological polar surface area (TPSA) is 0 Å². The van der Waals surface area contributed by atoms with E-state index in [0.717, 1.165) is 0 Å². The second kappa shape index (κ2) is 3.55. The maximum atomic E-state index is 2.27. The zero-order valence-corrected chi connectivity index (χ0v) is 10.1. The summed E-state index contributed by atoms with van der Waals surface area (Å²) in [6.07, 6.45) is 0. The van der Waals surface area contributed by atoms with Gasteiger partial charge in [-0.25, -0.2) is 0 Å². The van der Waals surface area contributed by atoms with Crippen molar-refractivity contribution in [3.8, 4) is 0 Å². The van der Waals surface area contributed by atoms with Crippen LogP contribution in [0.4, 0.5) is 0 Å². The van der Waals surface area contributed by atoms with Crippen LogP contribution in [0.2, 0.25) is 0 Å². The molecule has 0 fully saturated rings. The van der Waals surface area contributed by atoms with Crippen LogP contribution in [-0.2, 0) is 0 Å². The fourth-order valence-electron chi connectivity index (χ4n) is 1.65. The van der Waals surface area contributed by atoms with Gasteiger partial charge >= 0.3 is 87.3 Å². The van der Waals surface area contributed by atoms with Crippen LogP contribution >= 0.6 is 0 Å². The third-order valence-corrected chi connectivity index (χ3v) is 3.07. The van der Waals surface area contributed by atoms with Gasteiger partial charge in [-0.05, 0) is 0 Å². The molecule has 0 aliphatic carbocycles. The molecule has 0 saturated carbocycles. The molecule has 0 heterocycles. The van der Waals surface area contributed by atoms with Gasteiger partial charge in [0.15, 0.2) is 0 Å². The van der Waals surface area contributed by atoms with Crippen LogP contribution in [-0.4, -0.2) is 16.9 Å². The Morgan fingerprint density at radius 2 is 1.69 bits per heavy atom. The van der Waals surface area contributed by atoms with E-state index in [4.69, 9.17) is 0 Å². The summed E-state index contributed by atoms with van der Waals surface area (Å²) in [4.78, 5) is 0. The molecular formula is C12H13As. The van der Waals surface area contributed by atoms with Crippen molar-refractivity contribution >= 4 is 27.6 Å². The molecule has 0 aliphatic rings. The van der Waals surface area contributed by atoms with Crippen LogP contribution < -0.4 is 0 Å². The van der Waals surface area contributed by atoms with Crippen LogP contribution in [0.1, 0.15) is 17.2 Å². The Balaban J connectivity index is 2.76. The molecule has 2 aromatic rings. The average Bonchev–Trinajstić information content (AvgIpc) is 2.17. The van der Waals surface area contributed by atoms with Gasteiger partial charge in [0, 0.05) is 0 Å². The summed E-state index contributed by atoms with van der Waals surface area (Å²) in [7, 11) is 0. The number of fused-ring (bicyclic) bond motifs is 1. The van der Waals surface area contributed by atoms with Crippen molar-refractivity contribution in [1.29, 1.82) is 0 Å². The zero-order valence-electron chi connectivity index (χ0n) is 7.70. The van der Waals surface area contributed by atoms with E-state index in [1.807, 2.05) is 0 Å². The van der Waals surface area contributed by atoms with Crippen molar-refractivity contribution in [2.45, 2.75) is 11.6 Å². The summed E-state index contributed by atoms with van der Waals surface area (Å²) in [5, 5.41) is 2.76. The van der Waals surface area contributed by atoms with E-state index in [1.54, 1.807) is 16.9 Å². The van der Waals surface area contributed by atoms with Gasteiger partial charge in [0.05, 0.1) is 0 Å². The van der Waals surface area contributed by atoms with Gasteiger partial charge in [0.2, 0.25) is 0 Å². The molecule has 2 unspecified atom stereocenters. The number of benzene rings is 2. The Hall–Kier alpha value is -0.742. The molecule has 2 atom stereocenters. The van der Waals surface area contributed by atoms with Crippen LogP contribution in [0.3, 0.4) is 0 Å². The third kappa shape index (κ3) is 1.64. The second-order valence-corrected chi connectivity index (χ2v) is 5.46. The molecule has 0 aromatic heterocycles. The summed E-state index contributed by atoms with van der Waals surface area (Å²) < 4.78 is 0.665. The first kappa shape index (κ1) is 8.84. The first-order valence-corrected chi connectivity index (χ1v) is 5.92. The second-order valence-electron chi connectivity index (χ2n) is 3.36. The SMILES string of the molecule is CC([AsH2])c1cccc2ccccc12. The fraction of sp³-hybridized carbons (Fsp3) is 0.167. The Morgan fingerprint density at radius 3 is 2.46 bits per heavy atom. The van der Waals surface area contributed by atoms with Gasteiger partial charge in [-0.1, -0.05) is 0 Å². The maximum absolute atomic E-state index is 2.27. The molecule has 66 valence electrons. The van der Waals surface area contributed by atoms with Crippen LogP contribution in [0.15, 0.2) is 42.5 Å². The van der Waals surface area contributed by atoms with E-state index in [2.05, 4.69) is 49.4 Å². The van der Waals surface area contributed by atoms with Crippen LogP contribution in [0, 0.1) is 0 Å². The predicted molar refractivity (Wildman–Crippen MR) is 60.9 cm³/mol. The molecule has 2 rings (SSSR count). The molecule has 0 saturated heterocycles. The van der Waals surface area contributed by atoms with Crippen molar-refractivity contribution in [3.05, 3.63) is 48.0 Å². The molecule has 0 N–H and O–H groups in total. The van der Waals surface area contributed by atoms with Crippen molar-refractivity contribution in [2.24, 2.45) is 0 Å². The molecule has 0 aliphatic heterocycles. The van der Waals surface area contributed by atoms with E-state index in [9.17, 15) is 0 Å². The molecular weight excluding hydrogens is 219 g/mol. The Morgan fingerprint density at radius 1 is 1.00 bits per heavy atom. The standard InChI is InChI=1S/C12H13As/c1-9(13)11-8-4-6-10-5-2-3-7-12(10)11/h2-9H,13H2,1H3. The predicted octanol–water partition coefficient (Wildman–Crippen LogP) is 2.53. The van der Waals surface area contributed by atoms with Gasteiger partial charge in [-0.2, -0.15) is 0 Å².